The van der Waals surface area contributed by atoms with E-state index in [0.717, 1.165) is 11.4 Å². The van der Waals surface area contributed by atoms with Gasteiger partial charge in [-0.3, -0.25) is 0 Å². The van der Waals surface area contributed by atoms with Gasteiger partial charge in [-0.15, -0.1) is 0 Å². The molecule has 0 spiro atoms. The molecule has 7 aromatic carbocycles. The number of aromatic nitrogens is 2. The monoisotopic (exact) mass is 651 g/mol. The van der Waals surface area contributed by atoms with Gasteiger partial charge in [0.05, 0.1) is 33.8 Å². The molecule has 0 bridgehead atoms. The molecular formula is C48H33N3. The molecule has 2 unspecified atom stereocenters. The van der Waals surface area contributed by atoms with Crippen LogP contribution in [-0.2, 0) is 0 Å². The highest BCUT2D eigenvalue weighted by molar-refractivity contribution is 6.24. The Bertz CT molecular complexity index is 2890. The number of hydrogen-bond donors (Lipinski definition) is 0. The minimum atomic E-state index is 0.218. The Labute approximate surface area is 296 Å². The lowest BCUT2D eigenvalue weighted by Crippen LogP contribution is -2.28. The normalized spacial score (nSPS) is 16.4. The smallest absolute Gasteiger partial charge is 0.0789 e. The number of benzene rings is 7. The van der Waals surface area contributed by atoms with Crippen LogP contribution in [0.15, 0.2) is 188 Å². The van der Waals surface area contributed by atoms with Crippen molar-refractivity contribution in [3.63, 3.8) is 0 Å². The topological polar surface area (TPSA) is 13.1 Å². The fraction of sp³-hybridized carbons (Fsp3) is 0.0417. The maximum absolute atomic E-state index is 2.56. The van der Waals surface area contributed by atoms with Crippen LogP contribution in [0.1, 0.15) is 11.5 Å². The summed E-state index contributed by atoms with van der Waals surface area (Å²) in [5.41, 5.74) is 13.4. The van der Waals surface area contributed by atoms with Crippen LogP contribution in [0.3, 0.4) is 0 Å². The van der Waals surface area contributed by atoms with Crippen LogP contribution in [0.5, 0.6) is 0 Å². The summed E-state index contributed by atoms with van der Waals surface area (Å²) in [6, 6.07) is 60.2. The van der Waals surface area contributed by atoms with Crippen molar-refractivity contribution in [1.29, 1.82) is 0 Å². The largest absolute Gasteiger partial charge is 0.333 e. The molecule has 2 aliphatic rings. The van der Waals surface area contributed by atoms with Crippen LogP contribution in [0, 0.1) is 0 Å². The predicted octanol–water partition coefficient (Wildman–Crippen LogP) is 12.3. The molecule has 3 heteroatoms. The zero-order chi connectivity index (χ0) is 33.5. The fourth-order valence-electron chi connectivity index (χ4n) is 8.97. The van der Waals surface area contributed by atoms with E-state index in [1.54, 1.807) is 0 Å². The molecule has 2 atom stereocenters. The summed E-state index contributed by atoms with van der Waals surface area (Å²) in [7, 11) is 0. The van der Waals surface area contributed by atoms with Gasteiger partial charge in [0.15, 0.2) is 0 Å². The van der Waals surface area contributed by atoms with Crippen molar-refractivity contribution in [3.05, 3.63) is 194 Å². The van der Waals surface area contributed by atoms with Crippen molar-refractivity contribution in [1.82, 2.24) is 9.13 Å². The summed E-state index contributed by atoms with van der Waals surface area (Å²) in [5.74, 6) is 0.319. The highest BCUT2D eigenvalue weighted by Crippen LogP contribution is 2.51. The second-order valence-corrected chi connectivity index (χ2v) is 13.6. The Morgan fingerprint density at radius 3 is 1.65 bits per heavy atom. The van der Waals surface area contributed by atoms with E-state index in [1.807, 2.05) is 0 Å². The summed E-state index contributed by atoms with van der Waals surface area (Å²) >= 11 is 0. The summed E-state index contributed by atoms with van der Waals surface area (Å²) < 4.78 is 4.99. The summed E-state index contributed by atoms with van der Waals surface area (Å²) in [6.45, 7) is 0. The maximum atomic E-state index is 2.56. The lowest BCUT2D eigenvalue weighted by Gasteiger charge is -2.31. The molecule has 51 heavy (non-hydrogen) atoms. The lowest BCUT2D eigenvalue weighted by atomic mass is 9.91. The molecule has 0 fully saturated rings. The third-order valence-electron chi connectivity index (χ3n) is 11.0. The van der Waals surface area contributed by atoms with Crippen molar-refractivity contribution in [2.45, 2.75) is 12.0 Å². The number of hydrogen-bond acceptors (Lipinski definition) is 1. The van der Waals surface area contributed by atoms with Crippen LogP contribution in [0.2, 0.25) is 0 Å². The van der Waals surface area contributed by atoms with E-state index in [-0.39, 0.29) is 6.04 Å². The van der Waals surface area contributed by atoms with Gasteiger partial charge >= 0.3 is 0 Å². The van der Waals surface area contributed by atoms with Crippen molar-refractivity contribution in [3.8, 4) is 22.5 Å². The van der Waals surface area contributed by atoms with E-state index in [4.69, 9.17) is 0 Å². The average molecular weight is 652 g/mol. The van der Waals surface area contributed by atoms with Gasteiger partial charge in [0, 0.05) is 55.7 Å². The first-order chi connectivity index (χ1) is 25.4. The Morgan fingerprint density at radius 2 is 0.902 bits per heavy atom. The summed E-state index contributed by atoms with van der Waals surface area (Å²) in [4.78, 5) is 2.56. The highest BCUT2D eigenvalue weighted by Gasteiger charge is 2.38. The third kappa shape index (κ3) is 4.00. The van der Waals surface area contributed by atoms with E-state index in [1.165, 1.54) is 71.7 Å². The van der Waals surface area contributed by atoms with Gasteiger partial charge in [-0.1, -0.05) is 146 Å². The third-order valence-corrected chi connectivity index (χ3v) is 11.0. The predicted molar refractivity (Wildman–Crippen MR) is 214 cm³/mol. The molecule has 3 heterocycles. The number of allylic oxidation sites excluding steroid dienone is 2. The molecule has 240 valence electrons. The fourth-order valence-corrected chi connectivity index (χ4v) is 8.97. The van der Waals surface area contributed by atoms with Gasteiger partial charge in [0.2, 0.25) is 0 Å². The molecule has 1 aliphatic carbocycles. The Balaban J connectivity index is 1.24. The first-order valence-electron chi connectivity index (χ1n) is 17.8. The van der Waals surface area contributed by atoms with E-state index in [9.17, 15) is 0 Å². The molecule has 0 saturated carbocycles. The Kier molecular flexibility index (Phi) is 6.08. The first-order valence-corrected chi connectivity index (χ1v) is 17.8. The number of nitrogens with zero attached hydrogens (tertiary/aromatic N) is 3. The zero-order valence-electron chi connectivity index (χ0n) is 27.9. The van der Waals surface area contributed by atoms with Gasteiger partial charge < -0.3 is 14.0 Å². The molecular weight excluding hydrogens is 619 g/mol. The van der Waals surface area contributed by atoms with E-state index in [0.29, 0.717) is 5.92 Å². The molecule has 9 aromatic rings. The Hall–Kier alpha value is -6.58. The summed E-state index contributed by atoms with van der Waals surface area (Å²) in [5, 5.41) is 5.00. The van der Waals surface area contributed by atoms with Crippen LogP contribution >= 0.6 is 0 Å². The van der Waals surface area contributed by atoms with E-state index in [2.05, 4.69) is 202 Å². The van der Waals surface area contributed by atoms with Gasteiger partial charge in [-0.25, -0.2) is 0 Å². The van der Waals surface area contributed by atoms with Gasteiger partial charge in [0.1, 0.15) is 0 Å². The van der Waals surface area contributed by atoms with Crippen LogP contribution < -0.4 is 4.90 Å². The maximum Gasteiger partial charge on any atom is 0.0789 e. The second-order valence-electron chi connectivity index (χ2n) is 13.6. The van der Waals surface area contributed by atoms with E-state index < -0.39 is 0 Å². The molecule has 0 saturated heterocycles. The van der Waals surface area contributed by atoms with E-state index >= 15 is 0 Å². The molecule has 0 N–H and O–H groups in total. The van der Waals surface area contributed by atoms with Gasteiger partial charge in [0.25, 0.3) is 0 Å². The number of fused-ring (bicyclic) bond motifs is 10. The molecule has 3 nitrogen and oxygen atoms in total. The number of para-hydroxylation sites is 6. The molecule has 0 radical (unpaired) electrons. The first kappa shape index (κ1) is 28.3. The van der Waals surface area contributed by atoms with Crippen molar-refractivity contribution < 1.29 is 0 Å². The number of rotatable bonds is 4. The average Bonchev–Trinajstić information content (AvgIpc) is 3.84. The van der Waals surface area contributed by atoms with Crippen molar-refractivity contribution in [2.24, 2.45) is 0 Å². The molecule has 0 amide bonds. The zero-order valence-corrected chi connectivity index (χ0v) is 27.9. The van der Waals surface area contributed by atoms with Crippen molar-refractivity contribution >= 4 is 55.0 Å². The van der Waals surface area contributed by atoms with Crippen LogP contribution in [0.25, 0.3) is 66.1 Å². The Morgan fingerprint density at radius 1 is 0.373 bits per heavy atom. The lowest BCUT2D eigenvalue weighted by molar-refractivity contribution is 0.745. The van der Waals surface area contributed by atoms with Crippen LogP contribution in [-0.4, -0.2) is 15.2 Å². The number of anilines is 2. The quantitative estimate of drug-likeness (QED) is 0.185. The standard InChI is InChI=1S/C48H33N3/c1-2-16-32(17-3-1)49-41-24-10-8-22-37(41)39-30-31-40-38-23-9-15-29-46(38)51(48(40)47(39)49)45-28-14-7-21-36(45)35-20-6-13-27-44(35)50-42-25-11-4-18-33(42)34-19-5-12-26-43(34)50/h1-31,33,42H. The SMILES string of the molecule is C1=CC2c3ccccc3N(c3ccccc3-c3ccccc3-n3c4ccccc4c4ccc5c6ccccc6n(-c6ccccc6)c5c43)C2C=C1. The molecule has 2 aromatic heterocycles. The van der Waals surface area contributed by atoms with Gasteiger partial charge in [-0.05, 0) is 48.0 Å². The minimum absolute atomic E-state index is 0.218. The molecule has 11 rings (SSSR count). The van der Waals surface area contributed by atoms with Crippen molar-refractivity contribution in [2.75, 3.05) is 4.90 Å². The highest BCUT2D eigenvalue weighted by atomic mass is 15.2. The summed E-state index contributed by atoms with van der Waals surface area (Å²) in [6.07, 6.45) is 9.11. The minimum Gasteiger partial charge on any atom is -0.333 e. The van der Waals surface area contributed by atoms with Gasteiger partial charge in [-0.2, -0.15) is 0 Å². The molecule has 1 aliphatic heterocycles. The second kappa shape index (κ2) is 11.0. The van der Waals surface area contributed by atoms with Crippen LogP contribution in [0.4, 0.5) is 11.4 Å².